The number of benzene rings is 1. The topological polar surface area (TPSA) is 38.8 Å². The number of hydrogen-bond donors (Lipinski definition) is 0. The molecule has 0 N–H and O–H groups in total. The summed E-state index contributed by atoms with van der Waals surface area (Å²) < 4.78 is 10.4. The van der Waals surface area contributed by atoms with Crippen LogP contribution in [-0.2, 0) is 4.74 Å². The van der Waals surface area contributed by atoms with Crippen molar-refractivity contribution in [1.29, 1.82) is 0 Å². The van der Waals surface area contributed by atoms with Crippen molar-refractivity contribution >= 4 is 11.8 Å². The van der Waals surface area contributed by atoms with Gasteiger partial charge in [0.15, 0.2) is 0 Å². The molecule has 0 aliphatic heterocycles. The molecule has 0 radical (unpaired) electrons. The van der Waals surface area contributed by atoms with Gasteiger partial charge in [-0.05, 0) is 32.9 Å². The molecule has 1 rings (SSSR count). The summed E-state index contributed by atoms with van der Waals surface area (Å²) in [5, 5.41) is 0. The number of carbonyl (C=O) groups is 1. The fraction of sp³-hybridized carbons (Fsp3) is 0.357. The van der Waals surface area contributed by atoms with Gasteiger partial charge < -0.3 is 9.47 Å². The lowest BCUT2D eigenvalue weighted by Gasteiger charge is -2.24. The lowest BCUT2D eigenvalue weighted by Crippen LogP contribution is -2.34. The van der Waals surface area contributed by atoms with Gasteiger partial charge in [0.25, 0.3) is 0 Å². The first-order valence-electron chi connectivity index (χ1n) is 5.51. The van der Waals surface area contributed by atoms with Gasteiger partial charge in [0.05, 0.1) is 7.11 Å². The molecule has 0 saturated heterocycles. The number of anilines is 1. The zero-order valence-corrected chi connectivity index (χ0v) is 11.1. The first-order chi connectivity index (χ1) is 8.39. The standard InChI is InChI=1S/C14H17NO3/c1-6-15(13(16)18-14(2,3)4)11-9-7-8-10-12(11)17-5/h1,7-10H,2-5H3. The predicted octanol–water partition coefficient (Wildman–Crippen LogP) is 3.03. The maximum atomic E-state index is 12.0. The molecule has 1 aromatic carbocycles. The summed E-state index contributed by atoms with van der Waals surface area (Å²) in [7, 11) is 1.52. The lowest BCUT2D eigenvalue weighted by molar-refractivity contribution is 0.0599. The Morgan fingerprint density at radius 1 is 1.33 bits per heavy atom. The molecular formula is C14H17NO3. The van der Waals surface area contributed by atoms with E-state index in [-0.39, 0.29) is 0 Å². The molecule has 0 spiro atoms. The van der Waals surface area contributed by atoms with E-state index in [9.17, 15) is 4.79 Å². The van der Waals surface area contributed by atoms with Crippen molar-refractivity contribution in [3.8, 4) is 18.2 Å². The summed E-state index contributed by atoms with van der Waals surface area (Å²) in [6.07, 6.45) is 4.77. The van der Waals surface area contributed by atoms with Crippen LogP contribution in [0.2, 0.25) is 0 Å². The Kier molecular flexibility index (Phi) is 4.22. The minimum Gasteiger partial charge on any atom is -0.495 e. The van der Waals surface area contributed by atoms with Gasteiger partial charge >= 0.3 is 6.09 Å². The molecule has 0 fully saturated rings. The van der Waals surface area contributed by atoms with Crippen molar-refractivity contribution in [3.05, 3.63) is 24.3 Å². The van der Waals surface area contributed by atoms with Crippen molar-refractivity contribution in [3.63, 3.8) is 0 Å². The molecule has 0 heterocycles. The molecule has 0 aliphatic rings. The molecule has 0 aliphatic carbocycles. The van der Waals surface area contributed by atoms with Crippen LogP contribution in [-0.4, -0.2) is 18.8 Å². The van der Waals surface area contributed by atoms with E-state index in [4.69, 9.17) is 15.9 Å². The number of ether oxygens (including phenoxy) is 2. The summed E-state index contributed by atoms with van der Waals surface area (Å²) in [6, 6.07) is 9.29. The molecule has 0 saturated carbocycles. The molecule has 1 amide bonds. The SMILES string of the molecule is C#CN(C(=O)OC(C)(C)C)c1ccccc1OC. The highest BCUT2D eigenvalue weighted by Gasteiger charge is 2.24. The van der Waals surface area contributed by atoms with Gasteiger partial charge in [0.1, 0.15) is 17.0 Å². The molecule has 96 valence electrons. The number of nitrogens with zero attached hydrogens (tertiary/aromatic N) is 1. The van der Waals surface area contributed by atoms with Crippen LogP contribution in [0.5, 0.6) is 5.75 Å². The Balaban J connectivity index is 3.04. The quantitative estimate of drug-likeness (QED) is 0.595. The Labute approximate surface area is 107 Å². The summed E-state index contributed by atoms with van der Waals surface area (Å²) in [4.78, 5) is 13.1. The maximum absolute atomic E-state index is 12.0. The van der Waals surface area contributed by atoms with Gasteiger partial charge in [-0.15, -0.1) is 0 Å². The molecular weight excluding hydrogens is 230 g/mol. The van der Waals surface area contributed by atoms with Gasteiger partial charge in [-0.1, -0.05) is 18.6 Å². The van der Waals surface area contributed by atoms with E-state index in [2.05, 4.69) is 6.04 Å². The molecule has 4 heteroatoms. The second-order valence-corrected chi connectivity index (χ2v) is 4.62. The van der Waals surface area contributed by atoms with Crippen LogP contribution < -0.4 is 9.64 Å². The second-order valence-electron chi connectivity index (χ2n) is 4.62. The maximum Gasteiger partial charge on any atom is 0.426 e. The Morgan fingerprint density at radius 3 is 2.44 bits per heavy atom. The van der Waals surface area contributed by atoms with E-state index in [0.29, 0.717) is 11.4 Å². The number of para-hydroxylation sites is 2. The van der Waals surface area contributed by atoms with E-state index in [1.165, 1.54) is 7.11 Å². The normalized spacial score (nSPS) is 10.4. The van der Waals surface area contributed by atoms with Crippen molar-refractivity contribution in [2.75, 3.05) is 12.0 Å². The largest absolute Gasteiger partial charge is 0.495 e. The molecule has 4 nitrogen and oxygen atoms in total. The van der Waals surface area contributed by atoms with Crippen LogP contribution in [0.15, 0.2) is 24.3 Å². The van der Waals surface area contributed by atoms with Crippen LogP contribution in [0.4, 0.5) is 10.5 Å². The molecule has 0 bridgehead atoms. The number of methoxy groups -OCH3 is 1. The first-order valence-corrected chi connectivity index (χ1v) is 5.51. The molecule has 18 heavy (non-hydrogen) atoms. The number of terminal acetylenes is 1. The summed E-state index contributed by atoms with van der Waals surface area (Å²) in [6.45, 7) is 5.34. The third kappa shape index (κ3) is 3.42. The number of hydrogen-bond acceptors (Lipinski definition) is 3. The molecule has 0 aromatic heterocycles. The van der Waals surface area contributed by atoms with Crippen molar-refractivity contribution in [1.82, 2.24) is 0 Å². The van der Waals surface area contributed by atoms with E-state index < -0.39 is 11.7 Å². The minimum atomic E-state index is -0.603. The van der Waals surface area contributed by atoms with E-state index in [0.717, 1.165) is 4.90 Å². The fourth-order valence-electron chi connectivity index (χ4n) is 1.34. The molecule has 0 atom stereocenters. The van der Waals surface area contributed by atoms with Crippen molar-refractivity contribution < 1.29 is 14.3 Å². The number of carbonyl (C=O) groups excluding carboxylic acids is 1. The van der Waals surface area contributed by atoms with Crippen LogP contribution in [0.3, 0.4) is 0 Å². The van der Waals surface area contributed by atoms with Gasteiger partial charge in [0, 0.05) is 6.04 Å². The van der Waals surface area contributed by atoms with Gasteiger partial charge in [-0.25, -0.2) is 4.79 Å². The van der Waals surface area contributed by atoms with E-state index in [1.54, 1.807) is 45.0 Å². The van der Waals surface area contributed by atoms with Crippen molar-refractivity contribution in [2.24, 2.45) is 0 Å². The zero-order valence-electron chi connectivity index (χ0n) is 11.1. The Morgan fingerprint density at radius 2 is 1.94 bits per heavy atom. The van der Waals surface area contributed by atoms with Crippen LogP contribution in [0.25, 0.3) is 0 Å². The van der Waals surface area contributed by atoms with Gasteiger partial charge in [0.2, 0.25) is 0 Å². The highest BCUT2D eigenvalue weighted by Crippen LogP contribution is 2.28. The second kappa shape index (κ2) is 5.46. The third-order valence-corrected chi connectivity index (χ3v) is 2.03. The highest BCUT2D eigenvalue weighted by atomic mass is 16.6. The van der Waals surface area contributed by atoms with Gasteiger partial charge in [-0.2, -0.15) is 4.90 Å². The van der Waals surface area contributed by atoms with Crippen LogP contribution in [0, 0.1) is 12.5 Å². The summed E-state index contributed by atoms with van der Waals surface area (Å²) >= 11 is 0. The molecule has 1 aromatic rings. The zero-order chi connectivity index (χ0) is 13.8. The minimum absolute atomic E-state index is 0.483. The van der Waals surface area contributed by atoms with Gasteiger partial charge in [-0.3, -0.25) is 0 Å². The number of rotatable bonds is 2. The van der Waals surface area contributed by atoms with Crippen molar-refractivity contribution in [2.45, 2.75) is 26.4 Å². The Hall–Kier alpha value is -2.15. The lowest BCUT2D eigenvalue weighted by atomic mass is 10.2. The van der Waals surface area contributed by atoms with E-state index >= 15 is 0 Å². The smallest absolute Gasteiger partial charge is 0.426 e. The number of amides is 1. The highest BCUT2D eigenvalue weighted by molar-refractivity contribution is 5.93. The summed E-state index contributed by atoms with van der Waals surface area (Å²) in [5.74, 6) is 0.515. The average molecular weight is 247 g/mol. The average Bonchev–Trinajstić information content (AvgIpc) is 2.28. The first kappa shape index (κ1) is 13.9. The van der Waals surface area contributed by atoms with Crippen LogP contribution in [0.1, 0.15) is 20.8 Å². The third-order valence-electron chi connectivity index (χ3n) is 2.03. The Bertz CT molecular complexity index is 469. The van der Waals surface area contributed by atoms with E-state index in [1.807, 2.05) is 0 Å². The van der Waals surface area contributed by atoms with Crippen LogP contribution >= 0.6 is 0 Å². The predicted molar refractivity (Wildman–Crippen MR) is 70.5 cm³/mol. The fourth-order valence-corrected chi connectivity index (χ4v) is 1.34. The summed E-state index contributed by atoms with van der Waals surface area (Å²) in [5.41, 5.74) is -0.120. The molecule has 0 unspecified atom stereocenters. The monoisotopic (exact) mass is 247 g/mol.